The summed E-state index contributed by atoms with van der Waals surface area (Å²) in [6, 6.07) is 16.8. The highest BCUT2D eigenvalue weighted by Gasteiger charge is 2.28. The van der Waals surface area contributed by atoms with Crippen LogP contribution in [0, 0.1) is 0 Å². The van der Waals surface area contributed by atoms with Gasteiger partial charge in [0, 0.05) is 23.0 Å². The molecule has 6 heteroatoms. The van der Waals surface area contributed by atoms with Crippen molar-refractivity contribution in [3.63, 3.8) is 0 Å². The lowest BCUT2D eigenvalue weighted by molar-refractivity contribution is 0.208. The second-order valence-corrected chi connectivity index (χ2v) is 7.99. The first-order chi connectivity index (χ1) is 12.8. The van der Waals surface area contributed by atoms with Gasteiger partial charge in [0.15, 0.2) is 0 Å². The molecule has 4 nitrogen and oxygen atoms in total. The number of thiophene rings is 1. The summed E-state index contributed by atoms with van der Waals surface area (Å²) in [5.41, 5.74) is 5.52. The predicted octanol–water partition coefficient (Wildman–Crippen LogP) is 4.82. The summed E-state index contributed by atoms with van der Waals surface area (Å²) in [5.74, 6) is 0. The number of rotatable bonds is 3. The van der Waals surface area contributed by atoms with Gasteiger partial charge in [0.1, 0.15) is 11.0 Å². The van der Waals surface area contributed by atoms with Gasteiger partial charge in [-0.3, -0.25) is 4.90 Å². The van der Waals surface area contributed by atoms with Gasteiger partial charge in [-0.15, -0.1) is 11.3 Å². The zero-order chi connectivity index (χ0) is 17.5. The van der Waals surface area contributed by atoms with Crippen LogP contribution in [0.15, 0.2) is 53.9 Å². The Morgan fingerprint density at radius 1 is 1.08 bits per heavy atom. The summed E-state index contributed by atoms with van der Waals surface area (Å²) in [6.07, 6.45) is 1.08. The SMILES string of the molecule is Clc1ccccc1C(c1ccc2n[nH]nc2c1)N1CCc2sccc2C1. The number of halogens is 1. The Labute approximate surface area is 160 Å². The van der Waals surface area contributed by atoms with E-state index in [9.17, 15) is 0 Å². The third-order valence-electron chi connectivity index (χ3n) is 5.06. The summed E-state index contributed by atoms with van der Waals surface area (Å²) in [7, 11) is 0. The number of aromatic nitrogens is 3. The minimum atomic E-state index is 0.0952. The first-order valence-corrected chi connectivity index (χ1v) is 9.89. The van der Waals surface area contributed by atoms with Crippen LogP contribution >= 0.6 is 22.9 Å². The van der Waals surface area contributed by atoms with Crippen molar-refractivity contribution in [3.8, 4) is 0 Å². The van der Waals surface area contributed by atoms with E-state index in [1.807, 2.05) is 29.5 Å². The molecule has 4 aromatic rings. The van der Waals surface area contributed by atoms with Crippen LogP contribution in [0.5, 0.6) is 0 Å². The summed E-state index contributed by atoms with van der Waals surface area (Å²) < 4.78 is 0. The number of fused-ring (bicyclic) bond motifs is 2. The van der Waals surface area contributed by atoms with E-state index in [1.54, 1.807) is 0 Å². The normalized spacial score (nSPS) is 15.9. The summed E-state index contributed by atoms with van der Waals surface area (Å²) in [4.78, 5) is 4.02. The molecule has 0 spiro atoms. The van der Waals surface area contributed by atoms with Gasteiger partial charge in [-0.05, 0) is 52.8 Å². The molecule has 0 aliphatic carbocycles. The fourth-order valence-corrected chi connectivity index (χ4v) is 4.93. The van der Waals surface area contributed by atoms with Crippen LogP contribution in [-0.4, -0.2) is 26.9 Å². The molecule has 5 rings (SSSR count). The zero-order valence-corrected chi connectivity index (χ0v) is 15.6. The van der Waals surface area contributed by atoms with Crippen LogP contribution in [0.4, 0.5) is 0 Å². The second-order valence-electron chi connectivity index (χ2n) is 6.59. The molecule has 1 unspecified atom stereocenters. The number of nitrogens with one attached hydrogen (secondary N) is 1. The summed E-state index contributed by atoms with van der Waals surface area (Å²) in [5, 5.41) is 14.1. The van der Waals surface area contributed by atoms with Crippen molar-refractivity contribution in [1.82, 2.24) is 20.3 Å². The van der Waals surface area contributed by atoms with Gasteiger partial charge >= 0.3 is 0 Å². The summed E-state index contributed by atoms with van der Waals surface area (Å²) >= 11 is 8.47. The first kappa shape index (κ1) is 16.0. The molecule has 0 saturated carbocycles. The highest BCUT2D eigenvalue weighted by atomic mass is 35.5. The van der Waals surface area contributed by atoms with E-state index in [2.05, 4.69) is 56.0 Å². The molecule has 0 saturated heterocycles. The molecule has 0 fully saturated rings. The fraction of sp³-hybridized carbons (Fsp3) is 0.200. The minimum Gasteiger partial charge on any atom is -0.288 e. The highest BCUT2D eigenvalue weighted by molar-refractivity contribution is 7.10. The second kappa shape index (κ2) is 6.50. The third-order valence-corrected chi connectivity index (χ3v) is 6.43. The number of aromatic amines is 1. The Hall–Kier alpha value is -2.21. The van der Waals surface area contributed by atoms with Crippen molar-refractivity contribution in [1.29, 1.82) is 0 Å². The monoisotopic (exact) mass is 380 g/mol. The van der Waals surface area contributed by atoms with E-state index < -0.39 is 0 Å². The van der Waals surface area contributed by atoms with Crippen molar-refractivity contribution in [3.05, 3.63) is 80.5 Å². The van der Waals surface area contributed by atoms with Gasteiger partial charge in [0.25, 0.3) is 0 Å². The molecule has 2 aromatic heterocycles. The van der Waals surface area contributed by atoms with Crippen LogP contribution in [0.25, 0.3) is 11.0 Å². The van der Waals surface area contributed by atoms with Gasteiger partial charge in [-0.2, -0.15) is 15.4 Å². The van der Waals surface area contributed by atoms with Gasteiger partial charge in [0.05, 0.1) is 6.04 Å². The van der Waals surface area contributed by atoms with Crippen molar-refractivity contribution in [2.24, 2.45) is 0 Å². The van der Waals surface area contributed by atoms with Crippen LogP contribution in [0.3, 0.4) is 0 Å². The zero-order valence-electron chi connectivity index (χ0n) is 14.0. The fourth-order valence-electron chi connectivity index (χ4n) is 3.80. The van der Waals surface area contributed by atoms with Crippen LogP contribution in [-0.2, 0) is 13.0 Å². The molecule has 3 heterocycles. The van der Waals surface area contributed by atoms with Crippen molar-refractivity contribution < 1.29 is 0 Å². The quantitative estimate of drug-likeness (QED) is 0.554. The van der Waals surface area contributed by atoms with E-state index in [0.717, 1.165) is 41.1 Å². The number of hydrogen-bond acceptors (Lipinski definition) is 4. The maximum Gasteiger partial charge on any atom is 0.113 e. The molecular formula is C20H17ClN4S. The van der Waals surface area contributed by atoms with E-state index >= 15 is 0 Å². The third kappa shape index (κ3) is 2.72. The maximum absolute atomic E-state index is 6.61. The van der Waals surface area contributed by atoms with Gasteiger partial charge < -0.3 is 0 Å². The molecule has 1 atom stereocenters. The molecular weight excluding hydrogens is 364 g/mol. The Morgan fingerprint density at radius 3 is 2.88 bits per heavy atom. The topological polar surface area (TPSA) is 44.8 Å². The molecule has 1 aliphatic heterocycles. The maximum atomic E-state index is 6.61. The Kier molecular flexibility index (Phi) is 4.00. The molecule has 0 bridgehead atoms. The number of H-pyrrole nitrogens is 1. The lowest BCUT2D eigenvalue weighted by atomic mass is 9.94. The lowest BCUT2D eigenvalue weighted by Gasteiger charge is -2.35. The Balaban J connectivity index is 1.62. The molecule has 1 aliphatic rings. The minimum absolute atomic E-state index is 0.0952. The predicted molar refractivity (Wildman–Crippen MR) is 106 cm³/mol. The number of benzene rings is 2. The number of nitrogens with zero attached hydrogens (tertiary/aromatic N) is 3. The largest absolute Gasteiger partial charge is 0.288 e. The smallest absolute Gasteiger partial charge is 0.113 e. The standard InChI is InChI=1S/C20H17ClN4S/c21-16-4-2-1-3-15(16)20(13-5-6-17-18(11-13)23-24-22-17)25-9-7-19-14(12-25)8-10-26-19/h1-6,8,10-11,20H,7,9,12H2,(H,22,23,24). The average molecular weight is 381 g/mol. The van der Waals surface area contributed by atoms with Crippen molar-refractivity contribution in [2.45, 2.75) is 19.0 Å². The average Bonchev–Trinajstić information content (AvgIpc) is 3.31. The molecule has 130 valence electrons. The Morgan fingerprint density at radius 2 is 1.96 bits per heavy atom. The van der Waals surface area contributed by atoms with Gasteiger partial charge in [-0.1, -0.05) is 35.9 Å². The number of hydrogen-bond donors (Lipinski definition) is 1. The van der Waals surface area contributed by atoms with E-state index in [0.29, 0.717) is 0 Å². The van der Waals surface area contributed by atoms with Crippen LogP contribution < -0.4 is 0 Å². The Bertz CT molecular complexity index is 1070. The molecule has 0 radical (unpaired) electrons. The van der Waals surface area contributed by atoms with E-state index in [1.165, 1.54) is 16.0 Å². The van der Waals surface area contributed by atoms with Crippen LogP contribution in [0.1, 0.15) is 27.6 Å². The lowest BCUT2D eigenvalue weighted by Crippen LogP contribution is -2.34. The van der Waals surface area contributed by atoms with E-state index in [4.69, 9.17) is 11.6 Å². The van der Waals surface area contributed by atoms with Crippen LogP contribution in [0.2, 0.25) is 5.02 Å². The van der Waals surface area contributed by atoms with Crippen molar-refractivity contribution >= 4 is 34.0 Å². The van der Waals surface area contributed by atoms with Gasteiger partial charge in [0.2, 0.25) is 0 Å². The summed E-state index contributed by atoms with van der Waals surface area (Å²) in [6.45, 7) is 1.95. The highest BCUT2D eigenvalue weighted by Crippen LogP contribution is 2.37. The molecule has 2 aromatic carbocycles. The molecule has 26 heavy (non-hydrogen) atoms. The van der Waals surface area contributed by atoms with E-state index in [-0.39, 0.29) is 6.04 Å². The first-order valence-electron chi connectivity index (χ1n) is 8.64. The van der Waals surface area contributed by atoms with Gasteiger partial charge in [-0.25, -0.2) is 0 Å². The molecule has 0 amide bonds. The molecule has 1 N–H and O–H groups in total. The van der Waals surface area contributed by atoms with Crippen molar-refractivity contribution in [2.75, 3.05) is 6.54 Å².